The van der Waals surface area contributed by atoms with E-state index in [2.05, 4.69) is 4.99 Å². The minimum atomic E-state index is -4.31. The Morgan fingerprint density at radius 2 is 1.77 bits per heavy atom. The Labute approximate surface area is 73.9 Å². The highest BCUT2D eigenvalue weighted by Crippen LogP contribution is 2.11. The molecule has 0 atom stereocenters. The maximum atomic E-state index is 11.6. The van der Waals surface area contributed by atoms with Gasteiger partial charge in [-0.2, -0.15) is 13.2 Å². The molecule has 0 aromatic heterocycles. The van der Waals surface area contributed by atoms with Crippen LogP contribution in [0.25, 0.3) is 0 Å². The number of nitrogens with zero attached hydrogens (tertiary/aromatic N) is 1. The summed E-state index contributed by atoms with van der Waals surface area (Å²) in [5.41, 5.74) is 0.767. The summed E-state index contributed by atoms with van der Waals surface area (Å²) >= 11 is 0. The fourth-order valence-corrected chi connectivity index (χ4v) is 0.838. The van der Waals surface area contributed by atoms with Gasteiger partial charge in [0.25, 0.3) is 0 Å². The molecular formula is C9H8F3N. The van der Waals surface area contributed by atoms with E-state index in [9.17, 15) is 13.2 Å². The van der Waals surface area contributed by atoms with Gasteiger partial charge in [-0.3, -0.25) is 4.99 Å². The van der Waals surface area contributed by atoms with E-state index in [1.165, 1.54) is 0 Å². The van der Waals surface area contributed by atoms with Gasteiger partial charge in [0.05, 0.1) is 6.54 Å². The largest absolute Gasteiger partial charge is 0.426 e. The number of hydrogen-bond acceptors (Lipinski definition) is 1. The van der Waals surface area contributed by atoms with E-state index in [0.717, 1.165) is 5.56 Å². The lowest BCUT2D eigenvalue weighted by atomic mass is 10.2. The van der Waals surface area contributed by atoms with E-state index in [4.69, 9.17) is 0 Å². The average molecular weight is 187 g/mol. The lowest BCUT2D eigenvalue weighted by molar-refractivity contribution is -0.0537. The summed E-state index contributed by atoms with van der Waals surface area (Å²) < 4.78 is 34.8. The third-order valence-corrected chi connectivity index (χ3v) is 1.35. The Hall–Kier alpha value is -1.32. The van der Waals surface area contributed by atoms with Crippen LogP contribution in [0.4, 0.5) is 13.2 Å². The summed E-state index contributed by atoms with van der Waals surface area (Å²) in [5.74, 6) is 0. The minimum absolute atomic E-state index is 0.0139. The van der Waals surface area contributed by atoms with Gasteiger partial charge in [-0.1, -0.05) is 30.3 Å². The molecule has 0 bridgehead atoms. The van der Waals surface area contributed by atoms with Gasteiger partial charge < -0.3 is 0 Å². The molecular weight excluding hydrogens is 179 g/mol. The monoisotopic (exact) mass is 187 g/mol. The molecule has 0 radical (unpaired) electrons. The van der Waals surface area contributed by atoms with Crippen molar-refractivity contribution in [1.29, 1.82) is 0 Å². The van der Waals surface area contributed by atoms with Crippen LogP contribution in [0.5, 0.6) is 0 Å². The zero-order valence-electron chi connectivity index (χ0n) is 6.75. The van der Waals surface area contributed by atoms with Crippen molar-refractivity contribution < 1.29 is 13.2 Å². The minimum Gasteiger partial charge on any atom is -0.283 e. The summed E-state index contributed by atoms with van der Waals surface area (Å²) in [5, 5.41) is 0. The fraction of sp³-hybridized carbons (Fsp3) is 0.222. The van der Waals surface area contributed by atoms with Crippen LogP contribution in [0, 0.1) is 0 Å². The van der Waals surface area contributed by atoms with Crippen LogP contribution >= 0.6 is 0 Å². The van der Waals surface area contributed by atoms with Crippen LogP contribution in [0.2, 0.25) is 0 Å². The quantitative estimate of drug-likeness (QED) is 0.631. The second-order valence-corrected chi connectivity index (χ2v) is 2.50. The molecule has 0 heterocycles. The second kappa shape index (κ2) is 4.07. The molecule has 0 aliphatic heterocycles. The molecule has 0 spiro atoms. The van der Waals surface area contributed by atoms with E-state index in [1.54, 1.807) is 30.3 Å². The topological polar surface area (TPSA) is 12.4 Å². The van der Waals surface area contributed by atoms with Crippen LogP contribution < -0.4 is 0 Å². The summed E-state index contributed by atoms with van der Waals surface area (Å²) in [7, 11) is 0. The SMILES string of the molecule is FC(F)(F)/C=N/Cc1ccccc1. The molecule has 0 saturated carbocycles. The summed E-state index contributed by atoms with van der Waals surface area (Å²) in [6.45, 7) is 0.0698. The zero-order valence-corrected chi connectivity index (χ0v) is 6.75. The van der Waals surface area contributed by atoms with Gasteiger partial charge in [-0.15, -0.1) is 0 Å². The van der Waals surface area contributed by atoms with Crippen LogP contribution in [0.15, 0.2) is 35.3 Å². The van der Waals surface area contributed by atoms with E-state index < -0.39 is 6.18 Å². The number of halogens is 3. The normalized spacial score (nSPS) is 12.2. The van der Waals surface area contributed by atoms with E-state index >= 15 is 0 Å². The molecule has 0 amide bonds. The van der Waals surface area contributed by atoms with Crippen molar-refractivity contribution in [1.82, 2.24) is 0 Å². The predicted molar refractivity (Wildman–Crippen MR) is 44.7 cm³/mol. The van der Waals surface area contributed by atoms with Crippen molar-refractivity contribution >= 4 is 6.21 Å². The highest BCUT2D eigenvalue weighted by atomic mass is 19.4. The Morgan fingerprint density at radius 3 is 2.31 bits per heavy atom. The molecule has 0 saturated heterocycles. The number of hydrogen-bond donors (Lipinski definition) is 0. The lowest BCUT2D eigenvalue weighted by Gasteiger charge is -1.97. The van der Waals surface area contributed by atoms with Gasteiger partial charge in [-0.05, 0) is 5.56 Å². The number of alkyl halides is 3. The van der Waals surface area contributed by atoms with Gasteiger partial charge in [-0.25, -0.2) is 0 Å². The van der Waals surface area contributed by atoms with Crippen molar-refractivity contribution in [2.24, 2.45) is 4.99 Å². The maximum absolute atomic E-state index is 11.6. The van der Waals surface area contributed by atoms with Crippen molar-refractivity contribution in [3.05, 3.63) is 35.9 Å². The predicted octanol–water partition coefficient (Wildman–Crippen LogP) is 2.82. The van der Waals surface area contributed by atoms with Gasteiger partial charge in [0.15, 0.2) is 0 Å². The summed E-state index contributed by atoms with van der Waals surface area (Å²) in [6, 6.07) is 8.79. The standard InChI is InChI=1S/C9H8F3N/c10-9(11,12)7-13-6-8-4-2-1-3-5-8/h1-5,7H,6H2/b13-7+. The van der Waals surface area contributed by atoms with Crippen molar-refractivity contribution in [2.45, 2.75) is 12.7 Å². The van der Waals surface area contributed by atoms with Crippen LogP contribution in [0.3, 0.4) is 0 Å². The summed E-state index contributed by atoms with van der Waals surface area (Å²) in [4.78, 5) is 3.26. The van der Waals surface area contributed by atoms with Crippen LogP contribution in [-0.2, 0) is 6.54 Å². The number of aliphatic imine (C=N–C) groups is 1. The van der Waals surface area contributed by atoms with E-state index in [1.807, 2.05) is 0 Å². The van der Waals surface area contributed by atoms with Gasteiger partial charge in [0, 0.05) is 0 Å². The molecule has 0 aliphatic carbocycles. The fourth-order valence-electron chi connectivity index (χ4n) is 0.838. The Bertz CT molecular complexity index is 277. The number of benzene rings is 1. The molecule has 0 N–H and O–H groups in total. The van der Waals surface area contributed by atoms with Crippen molar-refractivity contribution in [3.8, 4) is 0 Å². The molecule has 0 aliphatic rings. The first-order valence-corrected chi connectivity index (χ1v) is 3.69. The highest BCUT2D eigenvalue weighted by molar-refractivity contribution is 5.63. The Kier molecular flexibility index (Phi) is 3.06. The van der Waals surface area contributed by atoms with Gasteiger partial charge >= 0.3 is 6.18 Å². The maximum Gasteiger partial charge on any atom is 0.426 e. The van der Waals surface area contributed by atoms with E-state index in [0.29, 0.717) is 0 Å². The smallest absolute Gasteiger partial charge is 0.283 e. The molecule has 13 heavy (non-hydrogen) atoms. The molecule has 0 unspecified atom stereocenters. The third-order valence-electron chi connectivity index (χ3n) is 1.35. The Morgan fingerprint density at radius 1 is 1.15 bits per heavy atom. The first kappa shape index (κ1) is 9.77. The lowest BCUT2D eigenvalue weighted by Crippen LogP contribution is -2.08. The molecule has 1 aromatic rings. The first-order valence-electron chi connectivity index (χ1n) is 3.69. The van der Waals surface area contributed by atoms with Crippen molar-refractivity contribution in [3.63, 3.8) is 0 Å². The van der Waals surface area contributed by atoms with Gasteiger partial charge in [0.2, 0.25) is 0 Å². The molecule has 0 fully saturated rings. The third kappa shape index (κ3) is 4.30. The summed E-state index contributed by atoms with van der Waals surface area (Å²) in [6.07, 6.45) is -4.30. The van der Waals surface area contributed by atoms with E-state index in [-0.39, 0.29) is 12.8 Å². The molecule has 1 aromatic carbocycles. The first-order chi connectivity index (χ1) is 6.08. The highest BCUT2D eigenvalue weighted by Gasteiger charge is 2.23. The van der Waals surface area contributed by atoms with Gasteiger partial charge in [0.1, 0.15) is 6.21 Å². The molecule has 4 heteroatoms. The molecule has 70 valence electrons. The molecule has 1 rings (SSSR count). The average Bonchev–Trinajstić information content (AvgIpc) is 2.04. The molecule has 1 nitrogen and oxygen atoms in total. The van der Waals surface area contributed by atoms with Crippen molar-refractivity contribution in [2.75, 3.05) is 0 Å². The Balaban J connectivity index is 2.49. The second-order valence-electron chi connectivity index (χ2n) is 2.50. The zero-order chi connectivity index (χ0) is 9.73. The van der Waals surface area contributed by atoms with Crippen LogP contribution in [0.1, 0.15) is 5.56 Å². The van der Waals surface area contributed by atoms with Crippen LogP contribution in [-0.4, -0.2) is 12.4 Å². The number of rotatable bonds is 2.